The number of fused-ring (bicyclic) bond motifs is 1. The Bertz CT molecular complexity index is 869. The molecule has 1 saturated carbocycles. The van der Waals surface area contributed by atoms with Gasteiger partial charge in [-0.05, 0) is 46.1 Å². The number of ether oxygens (including phenoxy) is 2. The van der Waals surface area contributed by atoms with Crippen LogP contribution >= 0.6 is 11.8 Å². The molecule has 29 heavy (non-hydrogen) atoms. The molecule has 2 aliphatic rings. The van der Waals surface area contributed by atoms with Gasteiger partial charge in [-0.25, -0.2) is 9.79 Å². The highest BCUT2D eigenvalue weighted by atomic mass is 32.2. The number of hydrogen-bond acceptors (Lipinski definition) is 8. The number of aliphatic imine (C=N–C) groups is 1. The minimum atomic E-state index is -0.931. The Kier molecular flexibility index (Phi) is 5.52. The number of nitrogens with two attached hydrogens (primary N) is 1. The first-order chi connectivity index (χ1) is 13.5. The van der Waals surface area contributed by atoms with Crippen LogP contribution in [0.5, 0.6) is 5.75 Å². The van der Waals surface area contributed by atoms with Gasteiger partial charge in [-0.3, -0.25) is 15.4 Å². The van der Waals surface area contributed by atoms with Crippen molar-refractivity contribution in [3.8, 4) is 5.75 Å². The van der Waals surface area contributed by atoms with Gasteiger partial charge in [0.25, 0.3) is 5.69 Å². The van der Waals surface area contributed by atoms with E-state index in [0.717, 1.165) is 12.8 Å². The average molecular weight is 423 g/mol. The number of nitrogens with one attached hydrogen (secondary N) is 1. The van der Waals surface area contributed by atoms with Crippen LogP contribution in [0.1, 0.15) is 45.6 Å². The molecule has 1 fully saturated rings. The zero-order chi connectivity index (χ0) is 21.4. The van der Waals surface area contributed by atoms with Crippen molar-refractivity contribution < 1.29 is 19.2 Å². The molecule has 10 heteroatoms. The van der Waals surface area contributed by atoms with E-state index in [4.69, 9.17) is 20.2 Å². The summed E-state index contributed by atoms with van der Waals surface area (Å²) in [4.78, 5) is 28.0. The van der Waals surface area contributed by atoms with Crippen LogP contribution in [0.2, 0.25) is 0 Å². The van der Waals surface area contributed by atoms with Crippen molar-refractivity contribution in [2.45, 2.75) is 56.7 Å². The average Bonchev–Trinajstić information content (AvgIpc) is 2.97. The topological polar surface area (TPSA) is 129 Å². The van der Waals surface area contributed by atoms with Gasteiger partial charge in [-0.2, -0.15) is 0 Å². The molecule has 1 heterocycles. The summed E-state index contributed by atoms with van der Waals surface area (Å²) >= 11 is 1.35. The van der Waals surface area contributed by atoms with Gasteiger partial charge in [0.15, 0.2) is 5.17 Å². The van der Waals surface area contributed by atoms with Crippen LogP contribution in [0, 0.1) is 10.1 Å². The number of non-ortho nitro benzene ring substituents is 1. The summed E-state index contributed by atoms with van der Waals surface area (Å²) in [6.45, 7) is 5.33. The molecule has 158 valence electrons. The molecule has 3 rings (SSSR count). The number of nitrogens with zero attached hydrogens (tertiary/aromatic N) is 2. The summed E-state index contributed by atoms with van der Waals surface area (Å²) < 4.78 is 10.8. The van der Waals surface area contributed by atoms with Gasteiger partial charge in [-0.15, -0.1) is 0 Å². The number of hydrogen-bond donors (Lipinski definition) is 2. The first kappa shape index (κ1) is 21.4. The molecule has 0 unspecified atom stereocenters. The van der Waals surface area contributed by atoms with Gasteiger partial charge in [-0.1, -0.05) is 11.8 Å². The lowest BCUT2D eigenvalue weighted by Gasteiger charge is -2.44. The second kappa shape index (κ2) is 7.49. The van der Waals surface area contributed by atoms with Crippen LogP contribution < -0.4 is 15.8 Å². The van der Waals surface area contributed by atoms with Crippen molar-refractivity contribution in [3.05, 3.63) is 33.9 Å². The molecule has 1 aliphatic carbocycles. The maximum absolute atomic E-state index is 12.2. The van der Waals surface area contributed by atoms with Crippen LogP contribution in [0.4, 0.5) is 10.5 Å². The molecule has 1 aromatic carbocycles. The molecule has 1 aromatic rings. The van der Waals surface area contributed by atoms with E-state index >= 15 is 0 Å². The minimum Gasteiger partial charge on any atom is -0.496 e. The second-order valence-electron chi connectivity index (χ2n) is 8.34. The fraction of sp³-hybridized carbons (Fsp3) is 0.579. The molecule has 1 aliphatic heterocycles. The van der Waals surface area contributed by atoms with Crippen molar-refractivity contribution in [3.63, 3.8) is 0 Å². The van der Waals surface area contributed by atoms with Gasteiger partial charge in [0, 0.05) is 23.4 Å². The number of carbonyl (C=O) groups excluding carboxylic acids is 1. The monoisotopic (exact) mass is 422 g/mol. The van der Waals surface area contributed by atoms with E-state index in [-0.39, 0.29) is 5.69 Å². The summed E-state index contributed by atoms with van der Waals surface area (Å²) in [6.07, 6.45) is 1.52. The molecule has 1 amide bonds. The molecule has 0 saturated heterocycles. The number of nitro groups is 1. The standard InChI is InChI=1S/C19H26N4O5S/c1-17(2,3)28-16(24)21-15-22-19(9-5-8-18(19,20)11-29-15)13-10-12(23(25)26)6-7-14(13)27-4/h6-7,10H,5,8-9,11,20H2,1-4H3,(H,21,22,24)/t18-,19-/m1/s1. The van der Waals surface area contributed by atoms with Crippen molar-refractivity contribution in [2.24, 2.45) is 10.7 Å². The summed E-state index contributed by atoms with van der Waals surface area (Å²) in [5.74, 6) is 0.993. The molecule has 3 N–H and O–H groups in total. The summed E-state index contributed by atoms with van der Waals surface area (Å²) in [5, 5.41) is 14.4. The number of nitro benzene ring substituents is 1. The Labute approximate surface area is 173 Å². The van der Waals surface area contributed by atoms with E-state index in [1.165, 1.54) is 31.0 Å². The number of carbonyl (C=O) groups is 1. The van der Waals surface area contributed by atoms with E-state index in [1.807, 2.05) is 0 Å². The third-order valence-corrected chi connectivity index (χ3v) is 6.32. The fourth-order valence-corrected chi connectivity index (χ4v) is 5.08. The molecular weight excluding hydrogens is 396 g/mol. The van der Waals surface area contributed by atoms with E-state index in [0.29, 0.717) is 28.7 Å². The lowest BCUT2D eigenvalue weighted by atomic mass is 9.76. The predicted octanol–water partition coefficient (Wildman–Crippen LogP) is 3.31. The number of thioether (sulfide) groups is 1. The first-order valence-corrected chi connectivity index (χ1v) is 10.3. The third kappa shape index (κ3) is 4.04. The van der Waals surface area contributed by atoms with Gasteiger partial charge in [0.2, 0.25) is 0 Å². The zero-order valence-corrected chi connectivity index (χ0v) is 17.8. The molecule has 0 aromatic heterocycles. The van der Waals surface area contributed by atoms with Crippen LogP contribution in [0.15, 0.2) is 23.2 Å². The van der Waals surface area contributed by atoms with E-state index in [9.17, 15) is 14.9 Å². The van der Waals surface area contributed by atoms with Crippen LogP contribution in [0.25, 0.3) is 0 Å². The highest BCUT2D eigenvalue weighted by molar-refractivity contribution is 8.14. The van der Waals surface area contributed by atoms with Crippen molar-refractivity contribution in [2.75, 3.05) is 12.9 Å². The van der Waals surface area contributed by atoms with Crippen molar-refractivity contribution in [1.82, 2.24) is 5.32 Å². The minimum absolute atomic E-state index is 0.0560. The van der Waals surface area contributed by atoms with Crippen LogP contribution in [-0.4, -0.2) is 40.2 Å². The summed E-state index contributed by atoms with van der Waals surface area (Å²) in [6, 6.07) is 4.45. The first-order valence-electron chi connectivity index (χ1n) is 9.34. The van der Waals surface area contributed by atoms with Gasteiger partial charge >= 0.3 is 6.09 Å². The zero-order valence-electron chi connectivity index (χ0n) is 17.0. The molecular formula is C19H26N4O5S. The van der Waals surface area contributed by atoms with E-state index in [1.54, 1.807) is 26.8 Å². The highest BCUT2D eigenvalue weighted by Crippen LogP contribution is 2.54. The number of rotatable bonds is 3. The molecule has 0 bridgehead atoms. The Morgan fingerprint density at radius 2 is 2.10 bits per heavy atom. The molecule has 9 nitrogen and oxygen atoms in total. The normalized spacial score (nSPS) is 26.3. The SMILES string of the molecule is COc1ccc([N+](=O)[O-])cc1[C@]12CCC[C@@]1(N)CSC(NC(=O)OC(C)(C)C)=N2. The van der Waals surface area contributed by atoms with Crippen LogP contribution in [0.3, 0.4) is 0 Å². The Balaban J connectivity index is 2.07. The second-order valence-corrected chi connectivity index (χ2v) is 9.31. The Morgan fingerprint density at radius 1 is 1.38 bits per heavy atom. The Morgan fingerprint density at radius 3 is 2.72 bits per heavy atom. The quantitative estimate of drug-likeness (QED) is 0.565. The summed E-state index contributed by atoms with van der Waals surface area (Å²) in [5.41, 5.74) is 5.01. The van der Waals surface area contributed by atoms with Crippen LogP contribution in [-0.2, 0) is 10.3 Å². The van der Waals surface area contributed by atoms with E-state index < -0.39 is 27.7 Å². The number of amides is 1. The van der Waals surface area contributed by atoms with Crippen molar-refractivity contribution >= 4 is 28.7 Å². The number of methoxy groups -OCH3 is 1. The Hall–Kier alpha value is -2.33. The van der Waals surface area contributed by atoms with Gasteiger partial charge < -0.3 is 15.2 Å². The number of benzene rings is 1. The van der Waals surface area contributed by atoms with Crippen molar-refractivity contribution in [1.29, 1.82) is 0 Å². The van der Waals surface area contributed by atoms with Gasteiger partial charge in [0.1, 0.15) is 16.9 Å². The lowest BCUT2D eigenvalue weighted by molar-refractivity contribution is -0.385. The number of amidine groups is 1. The third-order valence-electron chi connectivity index (χ3n) is 5.19. The predicted molar refractivity (Wildman–Crippen MR) is 111 cm³/mol. The molecule has 0 spiro atoms. The molecule has 2 atom stereocenters. The maximum atomic E-state index is 12.2. The highest BCUT2D eigenvalue weighted by Gasteiger charge is 2.57. The maximum Gasteiger partial charge on any atom is 0.413 e. The lowest BCUT2D eigenvalue weighted by Crippen LogP contribution is -2.59. The largest absolute Gasteiger partial charge is 0.496 e. The summed E-state index contributed by atoms with van der Waals surface area (Å²) in [7, 11) is 1.51. The smallest absolute Gasteiger partial charge is 0.413 e. The fourth-order valence-electron chi connectivity index (χ4n) is 3.93. The van der Waals surface area contributed by atoms with E-state index in [2.05, 4.69) is 5.32 Å². The van der Waals surface area contributed by atoms with Gasteiger partial charge in [0.05, 0.1) is 17.6 Å². The molecule has 0 radical (unpaired) electrons. The number of alkyl carbamates (subject to hydrolysis) is 1.